The quantitative estimate of drug-likeness (QED) is 0.352. The van der Waals surface area contributed by atoms with Crippen molar-refractivity contribution >= 4 is 5.97 Å². The van der Waals surface area contributed by atoms with E-state index in [0.29, 0.717) is 24.7 Å². The van der Waals surface area contributed by atoms with Gasteiger partial charge >= 0.3 is 5.97 Å². The fraction of sp³-hybridized carbons (Fsp3) is 0.321. The Hall–Kier alpha value is -3.35. The number of ether oxygens (including phenoxy) is 4. The van der Waals surface area contributed by atoms with E-state index in [-0.39, 0.29) is 18.7 Å². The second kappa shape index (κ2) is 12.2. The molecule has 1 aliphatic rings. The zero-order chi connectivity index (χ0) is 23.6. The fourth-order valence-electron chi connectivity index (χ4n) is 4.17. The van der Waals surface area contributed by atoms with Crippen molar-refractivity contribution in [1.82, 2.24) is 5.32 Å². The number of hydrogen-bond acceptors (Lipinski definition) is 6. The number of nitrogens with one attached hydrogen (secondary N) is 1. The Kier molecular flexibility index (Phi) is 8.54. The standard InChI is InChI=1S/C28H31NO5/c1-31-26-10-6-5-9-23(26)20-34-27-19-29-16-15-25(27)21-11-13-24(14-12-21)32-17-18-33-28(30)22-7-3-2-4-8-22/h2-14,25,27,29H,15-20H2,1H3. The summed E-state index contributed by atoms with van der Waals surface area (Å²) < 4.78 is 22.8. The molecule has 0 amide bonds. The molecule has 0 aliphatic carbocycles. The summed E-state index contributed by atoms with van der Waals surface area (Å²) in [5.41, 5.74) is 2.82. The molecule has 0 aromatic heterocycles. The number of benzene rings is 3. The molecule has 34 heavy (non-hydrogen) atoms. The van der Waals surface area contributed by atoms with Crippen LogP contribution >= 0.6 is 0 Å². The first-order valence-electron chi connectivity index (χ1n) is 11.6. The van der Waals surface area contributed by atoms with Crippen molar-refractivity contribution in [2.45, 2.75) is 25.0 Å². The van der Waals surface area contributed by atoms with Gasteiger partial charge in [-0.3, -0.25) is 0 Å². The van der Waals surface area contributed by atoms with Crippen LogP contribution < -0.4 is 14.8 Å². The highest BCUT2D eigenvalue weighted by Gasteiger charge is 2.27. The van der Waals surface area contributed by atoms with E-state index < -0.39 is 0 Å². The maximum atomic E-state index is 12.0. The molecule has 1 N–H and O–H groups in total. The molecule has 178 valence electrons. The Balaban J connectivity index is 1.27. The largest absolute Gasteiger partial charge is 0.496 e. The minimum atomic E-state index is -0.343. The van der Waals surface area contributed by atoms with Gasteiger partial charge in [-0.25, -0.2) is 4.79 Å². The summed E-state index contributed by atoms with van der Waals surface area (Å²) in [6.07, 6.45) is 1.08. The average molecular weight is 462 g/mol. The zero-order valence-corrected chi connectivity index (χ0v) is 19.4. The van der Waals surface area contributed by atoms with Crippen LogP contribution in [0.1, 0.15) is 33.8 Å². The van der Waals surface area contributed by atoms with Gasteiger partial charge in [0.25, 0.3) is 0 Å². The molecule has 4 rings (SSSR count). The van der Waals surface area contributed by atoms with Crippen molar-refractivity contribution in [3.8, 4) is 11.5 Å². The molecule has 1 heterocycles. The molecule has 1 fully saturated rings. The summed E-state index contributed by atoms with van der Waals surface area (Å²) >= 11 is 0. The monoisotopic (exact) mass is 461 g/mol. The number of carbonyl (C=O) groups is 1. The molecule has 0 radical (unpaired) electrons. The first-order chi connectivity index (χ1) is 16.7. The average Bonchev–Trinajstić information content (AvgIpc) is 2.91. The first kappa shape index (κ1) is 23.8. The lowest BCUT2D eigenvalue weighted by molar-refractivity contribution is 0.00982. The van der Waals surface area contributed by atoms with Gasteiger partial charge in [-0.15, -0.1) is 0 Å². The molecular formula is C28H31NO5. The van der Waals surface area contributed by atoms with Crippen molar-refractivity contribution in [1.29, 1.82) is 0 Å². The molecule has 6 heteroatoms. The zero-order valence-electron chi connectivity index (χ0n) is 19.4. The lowest BCUT2D eigenvalue weighted by Crippen LogP contribution is -2.40. The molecule has 3 aromatic carbocycles. The highest BCUT2D eigenvalue weighted by Crippen LogP contribution is 2.30. The highest BCUT2D eigenvalue weighted by atomic mass is 16.6. The smallest absolute Gasteiger partial charge is 0.338 e. The number of hydrogen-bond donors (Lipinski definition) is 1. The van der Waals surface area contributed by atoms with Crippen LogP contribution in [0.2, 0.25) is 0 Å². The summed E-state index contributed by atoms with van der Waals surface area (Å²) in [5, 5.41) is 3.44. The molecule has 2 unspecified atom stereocenters. The van der Waals surface area contributed by atoms with Gasteiger partial charge in [-0.1, -0.05) is 48.5 Å². The molecule has 0 spiro atoms. The fourth-order valence-corrected chi connectivity index (χ4v) is 4.17. The maximum Gasteiger partial charge on any atom is 0.338 e. The number of piperidine rings is 1. The van der Waals surface area contributed by atoms with Crippen LogP contribution in [0, 0.1) is 0 Å². The number of para-hydroxylation sites is 1. The number of esters is 1. The van der Waals surface area contributed by atoms with Crippen molar-refractivity contribution in [3.05, 3.63) is 95.6 Å². The van der Waals surface area contributed by atoms with Crippen LogP contribution in [0.5, 0.6) is 11.5 Å². The molecule has 6 nitrogen and oxygen atoms in total. The second-order valence-electron chi connectivity index (χ2n) is 8.18. The number of carbonyl (C=O) groups excluding carboxylic acids is 1. The van der Waals surface area contributed by atoms with Gasteiger partial charge in [-0.05, 0) is 48.9 Å². The molecule has 0 saturated carbocycles. The number of rotatable bonds is 10. The Morgan fingerprint density at radius 3 is 2.50 bits per heavy atom. The van der Waals surface area contributed by atoms with Crippen molar-refractivity contribution < 1.29 is 23.7 Å². The van der Waals surface area contributed by atoms with Gasteiger partial charge in [0.2, 0.25) is 0 Å². The predicted octanol–water partition coefficient (Wildman–Crippen LogP) is 4.59. The van der Waals surface area contributed by atoms with Crippen LogP contribution in [-0.2, 0) is 16.1 Å². The van der Waals surface area contributed by atoms with Crippen LogP contribution in [-0.4, -0.2) is 45.5 Å². The molecule has 3 aromatic rings. The Morgan fingerprint density at radius 1 is 0.941 bits per heavy atom. The van der Waals surface area contributed by atoms with E-state index in [9.17, 15) is 4.79 Å². The van der Waals surface area contributed by atoms with E-state index in [2.05, 4.69) is 17.4 Å². The third-order valence-corrected chi connectivity index (χ3v) is 5.97. The van der Waals surface area contributed by atoms with E-state index >= 15 is 0 Å². The predicted molar refractivity (Wildman–Crippen MR) is 130 cm³/mol. The van der Waals surface area contributed by atoms with Crippen LogP contribution in [0.3, 0.4) is 0 Å². The third-order valence-electron chi connectivity index (χ3n) is 5.97. The van der Waals surface area contributed by atoms with Gasteiger partial charge in [0, 0.05) is 18.0 Å². The van der Waals surface area contributed by atoms with Crippen molar-refractivity contribution in [2.75, 3.05) is 33.4 Å². The lowest BCUT2D eigenvalue weighted by atomic mass is 9.87. The Morgan fingerprint density at radius 2 is 1.71 bits per heavy atom. The van der Waals surface area contributed by atoms with E-state index in [1.54, 1.807) is 19.2 Å². The van der Waals surface area contributed by atoms with E-state index in [4.69, 9.17) is 18.9 Å². The van der Waals surface area contributed by atoms with E-state index in [1.807, 2.05) is 54.6 Å². The summed E-state index contributed by atoms with van der Waals surface area (Å²) in [6, 6.07) is 25.0. The molecule has 1 aliphatic heterocycles. The molecular weight excluding hydrogens is 430 g/mol. The van der Waals surface area contributed by atoms with Crippen molar-refractivity contribution in [3.63, 3.8) is 0 Å². The normalized spacial score (nSPS) is 17.7. The third kappa shape index (κ3) is 6.37. The van der Waals surface area contributed by atoms with Crippen LogP contribution in [0.4, 0.5) is 0 Å². The summed E-state index contributed by atoms with van der Waals surface area (Å²) in [4.78, 5) is 12.0. The molecule has 1 saturated heterocycles. The number of methoxy groups -OCH3 is 1. The minimum Gasteiger partial charge on any atom is -0.496 e. The summed E-state index contributed by atoms with van der Waals surface area (Å²) in [7, 11) is 1.68. The Labute approximate surface area is 200 Å². The highest BCUT2D eigenvalue weighted by molar-refractivity contribution is 5.89. The van der Waals surface area contributed by atoms with E-state index in [0.717, 1.165) is 36.6 Å². The van der Waals surface area contributed by atoms with Crippen molar-refractivity contribution in [2.24, 2.45) is 0 Å². The van der Waals surface area contributed by atoms with Crippen LogP contribution in [0.15, 0.2) is 78.9 Å². The van der Waals surface area contributed by atoms with Gasteiger partial charge in [-0.2, -0.15) is 0 Å². The van der Waals surface area contributed by atoms with Gasteiger partial charge in [0.1, 0.15) is 24.7 Å². The maximum absolute atomic E-state index is 12.0. The van der Waals surface area contributed by atoms with E-state index in [1.165, 1.54) is 5.56 Å². The first-order valence-corrected chi connectivity index (χ1v) is 11.6. The summed E-state index contributed by atoms with van der Waals surface area (Å²) in [6.45, 7) is 2.78. The Bertz CT molecular complexity index is 1040. The van der Waals surface area contributed by atoms with Gasteiger partial charge in [0.05, 0.1) is 25.4 Å². The van der Waals surface area contributed by atoms with Gasteiger partial charge < -0.3 is 24.3 Å². The minimum absolute atomic E-state index is 0.0721. The molecule has 2 atom stereocenters. The summed E-state index contributed by atoms with van der Waals surface area (Å²) in [5.74, 6) is 1.56. The lowest BCUT2D eigenvalue weighted by Gasteiger charge is -2.32. The topological polar surface area (TPSA) is 66.0 Å². The van der Waals surface area contributed by atoms with Crippen LogP contribution in [0.25, 0.3) is 0 Å². The van der Waals surface area contributed by atoms with Gasteiger partial charge in [0.15, 0.2) is 0 Å². The molecule has 0 bridgehead atoms. The second-order valence-corrected chi connectivity index (χ2v) is 8.18. The SMILES string of the molecule is COc1ccccc1COC1CNCCC1c1ccc(OCCOC(=O)c2ccccc2)cc1.